The first-order chi connectivity index (χ1) is 10.2. The molecule has 0 saturated carbocycles. The summed E-state index contributed by atoms with van der Waals surface area (Å²) in [6, 6.07) is 12.7. The van der Waals surface area contributed by atoms with E-state index in [0.717, 1.165) is 35.8 Å². The van der Waals surface area contributed by atoms with Crippen LogP contribution < -0.4 is 11.1 Å². The number of pyridine rings is 1. The summed E-state index contributed by atoms with van der Waals surface area (Å²) in [5, 5.41) is 3.62. The molecule has 0 aliphatic heterocycles. The number of nitrogens with two attached hydrogens (primary N) is 1. The second-order valence-corrected chi connectivity index (χ2v) is 6.05. The van der Waals surface area contributed by atoms with Crippen molar-refractivity contribution in [3.63, 3.8) is 0 Å². The topological polar surface area (TPSA) is 50.9 Å². The molecule has 1 unspecified atom stereocenters. The van der Waals surface area contributed by atoms with E-state index in [-0.39, 0.29) is 0 Å². The van der Waals surface area contributed by atoms with Crippen molar-refractivity contribution >= 4 is 21.7 Å². The molecule has 2 rings (SSSR count). The normalized spacial score (nSPS) is 12.3. The van der Waals surface area contributed by atoms with Gasteiger partial charge in [0.25, 0.3) is 0 Å². The van der Waals surface area contributed by atoms with Gasteiger partial charge in [-0.15, -0.1) is 0 Å². The Morgan fingerprint density at radius 2 is 1.86 bits per heavy atom. The molecule has 21 heavy (non-hydrogen) atoms. The summed E-state index contributed by atoms with van der Waals surface area (Å²) in [6.45, 7) is 3.19. The first-order valence-electron chi connectivity index (χ1n) is 7.37. The van der Waals surface area contributed by atoms with E-state index in [0.29, 0.717) is 11.9 Å². The van der Waals surface area contributed by atoms with Crippen molar-refractivity contribution < 1.29 is 0 Å². The quantitative estimate of drug-likeness (QED) is 0.804. The van der Waals surface area contributed by atoms with Crippen LogP contribution in [0.25, 0.3) is 0 Å². The van der Waals surface area contributed by atoms with Gasteiger partial charge in [-0.2, -0.15) is 0 Å². The molecule has 0 radical (unpaired) electrons. The molecule has 0 aliphatic carbocycles. The molecule has 4 heteroatoms. The number of nitrogens with one attached hydrogen (secondary N) is 1. The molecule has 0 aliphatic rings. The summed E-state index contributed by atoms with van der Waals surface area (Å²) in [5.41, 5.74) is 8.40. The van der Waals surface area contributed by atoms with Crippen LogP contribution in [0.4, 0.5) is 5.82 Å². The molecule has 1 aromatic heterocycles. The third-order valence-corrected chi connectivity index (χ3v) is 4.27. The number of hydrogen-bond donors (Lipinski definition) is 2. The zero-order valence-electron chi connectivity index (χ0n) is 12.3. The average molecular weight is 348 g/mol. The number of hydrogen-bond acceptors (Lipinski definition) is 3. The minimum atomic E-state index is 0.357. The summed E-state index contributed by atoms with van der Waals surface area (Å²) in [6.07, 6.45) is 4.72. The summed E-state index contributed by atoms with van der Waals surface area (Å²) in [5.74, 6) is 0.632. The highest BCUT2D eigenvalue weighted by Crippen LogP contribution is 2.19. The van der Waals surface area contributed by atoms with Crippen LogP contribution >= 0.6 is 15.9 Å². The van der Waals surface area contributed by atoms with Crippen molar-refractivity contribution in [2.45, 2.75) is 32.2 Å². The van der Waals surface area contributed by atoms with Gasteiger partial charge in [0.1, 0.15) is 5.82 Å². The molecular weight excluding hydrogens is 326 g/mol. The molecule has 1 aromatic carbocycles. The lowest BCUT2D eigenvalue weighted by Crippen LogP contribution is -2.34. The van der Waals surface area contributed by atoms with E-state index in [9.17, 15) is 0 Å². The lowest BCUT2D eigenvalue weighted by atomic mass is 9.99. The molecule has 2 aromatic rings. The lowest BCUT2D eigenvalue weighted by molar-refractivity contribution is 0.504. The highest BCUT2D eigenvalue weighted by molar-refractivity contribution is 9.10. The number of halogens is 1. The Hall–Kier alpha value is -1.39. The van der Waals surface area contributed by atoms with Crippen LogP contribution in [0.2, 0.25) is 0 Å². The Balaban J connectivity index is 2.11. The molecule has 3 N–H and O–H groups in total. The Bertz CT molecular complexity index is 524. The summed E-state index contributed by atoms with van der Waals surface area (Å²) in [7, 11) is 0. The third kappa shape index (κ3) is 4.83. The van der Waals surface area contributed by atoms with Crippen molar-refractivity contribution in [2.24, 2.45) is 0 Å². The van der Waals surface area contributed by atoms with E-state index in [1.807, 2.05) is 12.1 Å². The number of benzene rings is 1. The maximum atomic E-state index is 5.97. The number of nitrogens with zero attached hydrogens (tertiary/aromatic N) is 1. The van der Waals surface area contributed by atoms with E-state index in [2.05, 4.69) is 57.4 Å². The minimum absolute atomic E-state index is 0.357. The Morgan fingerprint density at radius 1 is 1.14 bits per heavy atom. The largest absolute Gasteiger partial charge is 0.383 e. The van der Waals surface area contributed by atoms with Crippen molar-refractivity contribution in [1.82, 2.24) is 10.3 Å². The van der Waals surface area contributed by atoms with Crippen molar-refractivity contribution in [3.05, 3.63) is 58.2 Å². The molecule has 112 valence electrons. The fourth-order valence-electron chi connectivity index (χ4n) is 2.38. The van der Waals surface area contributed by atoms with E-state index < -0.39 is 0 Å². The first-order valence-corrected chi connectivity index (χ1v) is 8.16. The maximum Gasteiger partial charge on any atom is 0.126 e. The van der Waals surface area contributed by atoms with Gasteiger partial charge in [-0.05, 0) is 49.1 Å². The molecule has 0 bridgehead atoms. The standard InChI is InChI=1S/C17H22BrN3/c1-2-9-20-15(11-13-6-3-4-8-16(13)18)12-14-7-5-10-21-17(14)19/h3-8,10,15,20H,2,9,11-12H2,1H3,(H2,19,21). The van der Waals surface area contributed by atoms with Gasteiger partial charge in [0.2, 0.25) is 0 Å². The van der Waals surface area contributed by atoms with Crippen molar-refractivity contribution in [3.8, 4) is 0 Å². The van der Waals surface area contributed by atoms with E-state index in [4.69, 9.17) is 5.73 Å². The Morgan fingerprint density at radius 3 is 2.57 bits per heavy atom. The Kier molecular flexibility index (Phi) is 6.21. The summed E-state index contributed by atoms with van der Waals surface area (Å²) < 4.78 is 1.16. The van der Waals surface area contributed by atoms with E-state index in [1.54, 1.807) is 6.20 Å². The molecule has 0 amide bonds. The average Bonchev–Trinajstić information content (AvgIpc) is 2.49. The van der Waals surface area contributed by atoms with E-state index in [1.165, 1.54) is 5.56 Å². The van der Waals surface area contributed by atoms with Gasteiger partial charge < -0.3 is 11.1 Å². The predicted molar refractivity (Wildman–Crippen MR) is 92.3 cm³/mol. The van der Waals surface area contributed by atoms with Gasteiger partial charge in [-0.1, -0.05) is 47.1 Å². The molecule has 1 heterocycles. The third-order valence-electron chi connectivity index (χ3n) is 3.50. The molecule has 0 fully saturated rings. The predicted octanol–water partition coefficient (Wildman–Crippen LogP) is 3.58. The molecular formula is C17H22BrN3. The second kappa shape index (κ2) is 8.15. The van der Waals surface area contributed by atoms with Crippen LogP contribution in [0.5, 0.6) is 0 Å². The second-order valence-electron chi connectivity index (χ2n) is 5.20. The first kappa shape index (κ1) is 16.0. The van der Waals surface area contributed by atoms with Gasteiger partial charge in [0.05, 0.1) is 0 Å². The van der Waals surface area contributed by atoms with Crippen LogP contribution in [-0.4, -0.2) is 17.6 Å². The van der Waals surface area contributed by atoms with Crippen molar-refractivity contribution in [1.29, 1.82) is 0 Å². The van der Waals surface area contributed by atoms with Crippen LogP contribution in [-0.2, 0) is 12.8 Å². The lowest BCUT2D eigenvalue weighted by Gasteiger charge is -2.20. The summed E-state index contributed by atoms with van der Waals surface area (Å²) >= 11 is 3.63. The van der Waals surface area contributed by atoms with Gasteiger partial charge >= 0.3 is 0 Å². The van der Waals surface area contributed by atoms with Gasteiger partial charge in [0.15, 0.2) is 0 Å². The monoisotopic (exact) mass is 347 g/mol. The van der Waals surface area contributed by atoms with Crippen molar-refractivity contribution in [2.75, 3.05) is 12.3 Å². The number of rotatable bonds is 7. The zero-order chi connectivity index (χ0) is 15.1. The van der Waals surface area contributed by atoms with Crippen LogP contribution in [0.1, 0.15) is 24.5 Å². The van der Waals surface area contributed by atoms with Crippen LogP contribution in [0.3, 0.4) is 0 Å². The molecule has 0 spiro atoms. The highest BCUT2D eigenvalue weighted by Gasteiger charge is 2.13. The molecule has 3 nitrogen and oxygen atoms in total. The fourth-order valence-corrected chi connectivity index (χ4v) is 2.83. The summed E-state index contributed by atoms with van der Waals surface area (Å²) in [4.78, 5) is 4.18. The minimum Gasteiger partial charge on any atom is -0.383 e. The SMILES string of the molecule is CCCNC(Cc1ccccc1Br)Cc1cccnc1N. The van der Waals surface area contributed by atoms with Gasteiger partial charge in [0, 0.05) is 16.7 Å². The number of aromatic nitrogens is 1. The highest BCUT2D eigenvalue weighted by atomic mass is 79.9. The van der Waals surface area contributed by atoms with Gasteiger partial charge in [-0.3, -0.25) is 0 Å². The molecule has 0 saturated heterocycles. The molecule has 1 atom stereocenters. The van der Waals surface area contributed by atoms with E-state index >= 15 is 0 Å². The number of nitrogen functional groups attached to an aromatic ring is 1. The Labute approximate surface area is 135 Å². The van der Waals surface area contributed by atoms with Gasteiger partial charge in [-0.25, -0.2) is 4.98 Å². The number of anilines is 1. The maximum absolute atomic E-state index is 5.97. The smallest absolute Gasteiger partial charge is 0.126 e. The zero-order valence-corrected chi connectivity index (χ0v) is 13.9. The fraction of sp³-hybridized carbons (Fsp3) is 0.353. The van der Waals surface area contributed by atoms with Crippen LogP contribution in [0, 0.1) is 0 Å². The van der Waals surface area contributed by atoms with Crippen LogP contribution in [0.15, 0.2) is 47.1 Å².